The maximum Gasteiger partial charge on any atom is 0.0896 e. The van der Waals surface area contributed by atoms with E-state index in [-0.39, 0.29) is 6.10 Å². The van der Waals surface area contributed by atoms with Crippen molar-refractivity contribution < 1.29 is 5.11 Å². The van der Waals surface area contributed by atoms with E-state index in [9.17, 15) is 5.11 Å². The Morgan fingerprint density at radius 3 is 3.14 bits per heavy atom. The maximum atomic E-state index is 9.93. The second kappa shape index (κ2) is 4.91. The lowest BCUT2D eigenvalue weighted by atomic mass is 9.99. The second-order valence-corrected chi connectivity index (χ2v) is 4.89. The number of nitrogens with one attached hydrogen (secondary N) is 1. The first-order chi connectivity index (χ1) is 6.86. The molecule has 0 amide bonds. The molecule has 0 spiro atoms. The first-order valence-electron chi connectivity index (χ1n) is 5.31. The minimum atomic E-state index is -0.273. The quantitative estimate of drug-likeness (QED) is 0.804. The fourth-order valence-electron chi connectivity index (χ4n) is 1.99. The van der Waals surface area contributed by atoms with Crippen LogP contribution in [0.25, 0.3) is 0 Å². The van der Waals surface area contributed by atoms with Gasteiger partial charge in [-0.2, -0.15) is 0 Å². The summed E-state index contributed by atoms with van der Waals surface area (Å²) in [5.74, 6) is 0. The molecule has 0 aromatic carbocycles. The van der Waals surface area contributed by atoms with Gasteiger partial charge < -0.3 is 10.4 Å². The van der Waals surface area contributed by atoms with E-state index in [1.807, 2.05) is 17.5 Å². The zero-order valence-electron chi connectivity index (χ0n) is 8.28. The molecular weight excluding hydrogens is 194 g/mol. The predicted molar refractivity (Wildman–Crippen MR) is 59.5 cm³/mol. The van der Waals surface area contributed by atoms with Crippen LogP contribution in [0.5, 0.6) is 0 Å². The molecule has 14 heavy (non-hydrogen) atoms. The van der Waals surface area contributed by atoms with Crippen molar-refractivity contribution in [3.63, 3.8) is 0 Å². The van der Waals surface area contributed by atoms with Crippen LogP contribution in [0.1, 0.15) is 36.7 Å². The summed E-state index contributed by atoms with van der Waals surface area (Å²) >= 11 is 1.64. The second-order valence-electron chi connectivity index (χ2n) is 3.91. The molecule has 2 unspecified atom stereocenters. The normalized spacial score (nSPS) is 24.8. The molecule has 1 fully saturated rings. The van der Waals surface area contributed by atoms with Crippen LogP contribution in [0.2, 0.25) is 0 Å². The molecule has 2 nitrogen and oxygen atoms in total. The highest BCUT2D eigenvalue weighted by Gasteiger charge is 2.18. The van der Waals surface area contributed by atoms with Crippen molar-refractivity contribution in [2.24, 2.45) is 0 Å². The topological polar surface area (TPSA) is 32.3 Å². The lowest BCUT2D eigenvalue weighted by Gasteiger charge is -2.25. The molecule has 0 saturated carbocycles. The van der Waals surface area contributed by atoms with Crippen LogP contribution in [-0.2, 0) is 0 Å². The summed E-state index contributed by atoms with van der Waals surface area (Å²) in [6.45, 7) is 1.11. The van der Waals surface area contributed by atoms with Gasteiger partial charge in [0.05, 0.1) is 6.10 Å². The molecule has 2 heterocycles. The number of piperidine rings is 1. The van der Waals surface area contributed by atoms with E-state index < -0.39 is 0 Å². The fourth-order valence-corrected chi connectivity index (χ4v) is 2.72. The fraction of sp³-hybridized carbons (Fsp3) is 0.636. The van der Waals surface area contributed by atoms with Crippen molar-refractivity contribution in [2.45, 2.75) is 37.8 Å². The van der Waals surface area contributed by atoms with Crippen LogP contribution in [0.4, 0.5) is 0 Å². The van der Waals surface area contributed by atoms with E-state index in [1.54, 1.807) is 11.3 Å². The van der Waals surface area contributed by atoms with Gasteiger partial charge in [0.1, 0.15) is 0 Å². The van der Waals surface area contributed by atoms with Gasteiger partial charge in [-0.15, -0.1) is 11.3 Å². The van der Waals surface area contributed by atoms with Crippen molar-refractivity contribution in [3.8, 4) is 0 Å². The van der Waals surface area contributed by atoms with Gasteiger partial charge in [-0.05, 0) is 37.3 Å². The van der Waals surface area contributed by atoms with Crippen LogP contribution in [0, 0.1) is 0 Å². The lowest BCUT2D eigenvalue weighted by Crippen LogP contribution is -2.35. The van der Waals surface area contributed by atoms with E-state index in [1.165, 1.54) is 19.3 Å². The molecule has 78 valence electrons. The standard InChI is InChI=1S/C11H17NOS/c13-10(11-5-3-7-14-11)8-9-4-1-2-6-12-9/h3,5,7,9-10,12-13H,1-2,4,6,8H2. The van der Waals surface area contributed by atoms with Crippen LogP contribution >= 0.6 is 11.3 Å². The minimum Gasteiger partial charge on any atom is -0.388 e. The Balaban J connectivity index is 1.84. The van der Waals surface area contributed by atoms with E-state index in [0.29, 0.717) is 6.04 Å². The Hall–Kier alpha value is -0.380. The first kappa shape index (κ1) is 10.1. The number of aliphatic hydroxyl groups excluding tert-OH is 1. The molecule has 0 aliphatic carbocycles. The largest absolute Gasteiger partial charge is 0.388 e. The minimum absolute atomic E-state index is 0.273. The van der Waals surface area contributed by atoms with Crippen molar-refractivity contribution >= 4 is 11.3 Å². The van der Waals surface area contributed by atoms with Crippen molar-refractivity contribution in [3.05, 3.63) is 22.4 Å². The number of rotatable bonds is 3. The summed E-state index contributed by atoms with van der Waals surface area (Å²) in [6, 6.07) is 4.52. The Bertz CT molecular complexity index is 254. The zero-order valence-corrected chi connectivity index (χ0v) is 9.09. The molecule has 3 heteroatoms. The average molecular weight is 211 g/mol. The maximum absolute atomic E-state index is 9.93. The van der Waals surface area contributed by atoms with E-state index in [4.69, 9.17) is 0 Å². The summed E-state index contributed by atoms with van der Waals surface area (Å²) in [4.78, 5) is 1.09. The lowest BCUT2D eigenvalue weighted by molar-refractivity contribution is 0.148. The number of thiophene rings is 1. The van der Waals surface area contributed by atoms with Crippen LogP contribution in [0.15, 0.2) is 17.5 Å². The van der Waals surface area contributed by atoms with Crippen LogP contribution < -0.4 is 5.32 Å². The molecule has 0 radical (unpaired) electrons. The molecule has 2 atom stereocenters. The highest BCUT2D eigenvalue weighted by atomic mass is 32.1. The third-order valence-corrected chi connectivity index (χ3v) is 3.77. The molecule has 1 aliphatic rings. The van der Waals surface area contributed by atoms with E-state index in [0.717, 1.165) is 17.8 Å². The SMILES string of the molecule is OC(CC1CCCCN1)c1cccs1. The van der Waals surface area contributed by atoms with Gasteiger partial charge in [0.25, 0.3) is 0 Å². The van der Waals surface area contributed by atoms with Crippen LogP contribution in [-0.4, -0.2) is 17.7 Å². The van der Waals surface area contributed by atoms with Crippen molar-refractivity contribution in [2.75, 3.05) is 6.54 Å². The third kappa shape index (κ3) is 2.56. The molecule has 0 bridgehead atoms. The molecular formula is C11H17NOS. The van der Waals surface area contributed by atoms with Gasteiger partial charge in [0, 0.05) is 10.9 Å². The number of hydrogen-bond donors (Lipinski definition) is 2. The number of aliphatic hydroxyl groups is 1. The Kier molecular flexibility index (Phi) is 3.56. The molecule has 1 aliphatic heterocycles. The monoisotopic (exact) mass is 211 g/mol. The Morgan fingerprint density at radius 1 is 1.57 bits per heavy atom. The average Bonchev–Trinajstić information content (AvgIpc) is 2.72. The third-order valence-electron chi connectivity index (χ3n) is 2.79. The van der Waals surface area contributed by atoms with E-state index >= 15 is 0 Å². The predicted octanol–water partition coefficient (Wildman–Crippen LogP) is 2.31. The molecule has 1 saturated heterocycles. The van der Waals surface area contributed by atoms with Gasteiger partial charge >= 0.3 is 0 Å². The molecule has 1 aromatic heterocycles. The molecule has 1 aromatic rings. The summed E-state index contributed by atoms with van der Waals surface area (Å²) < 4.78 is 0. The van der Waals surface area contributed by atoms with Gasteiger partial charge in [-0.3, -0.25) is 0 Å². The van der Waals surface area contributed by atoms with Crippen LogP contribution in [0.3, 0.4) is 0 Å². The zero-order chi connectivity index (χ0) is 9.80. The van der Waals surface area contributed by atoms with Gasteiger partial charge in [0.15, 0.2) is 0 Å². The van der Waals surface area contributed by atoms with Crippen molar-refractivity contribution in [1.29, 1.82) is 0 Å². The number of hydrogen-bond acceptors (Lipinski definition) is 3. The molecule has 2 rings (SSSR count). The first-order valence-corrected chi connectivity index (χ1v) is 6.19. The van der Waals surface area contributed by atoms with Crippen molar-refractivity contribution in [1.82, 2.24) is 5.32 Å². The van der Waals surface area contributed by atoms with Gasteiger partial charge in [0.2, 0.25) is 0 Å². The Labute approximate surface area is 89.0 Å². The summed E-state index contributed by atoms with van der Waals surface area (Å²) in [5.41, 5.74) is 0. The Morgan fingerprint density at radius 2 is 2.50 bits per heavy atom. The summed E-state index contributed by atoms with van der Waals surface area (Å²) in [7, 11) is 0. The van der Waals surface area contributed by atoms with Gasteiger partial charge in [-0.25, -0.2) is 0 Å². The highest BCUT2D eigenvalue weighted by Crippen LogP contribution is 2.25. The van der Waals surface area contributed by atoms with E-state index in [2.05, 4.69) is 5.32 Å². The smallest absolute Gasteiger partial charge is 0.0896 e. The summed E-state index contributed by atoms with van der Waals surface area (Å²) in [5, 5.41) is 15.4. The highest BCUT2D eigenvalue weighted by molar-refractivity contribution is 7.10. The van der Waals surface area contributed by atoms with Gasteiger partial charge in [-0.1, -0.05) is 12.5 Å². The molecule has 2 N–H and O–H groups in total. The summed E-state index contributed by atoms with van der Waals surface area (Å²) in [6.07, 6.45) is 4.38.